The lowest BCUT2D eigenvalue weighted by Crippen LogP contribution is -1.86. The van der Waals surface area contributed by atoms with E-state index in [1.54, 1.807) is 6.20 Å². The topological polar surface area (TPSA) is 14.1 Å². The van der Waals surface area contributed by atoms with Gasteiger partial charge >= 0.3 is 0 Å². The van der Waals surface area contributed by atoms with E-state index >= 15 is 0 Å². The smallest absolute Gasteiger partial charge is 0.0623 e. The van der Waals surface area contributed by atoms with E-state index in [1.165, 1.54) is 5.56 Å². The van der Waals surface area contributed by atoms with Crippen LogP contribution in [0.15, 0.2) is 60.8 Å². The van der Waals surface area contributed by atoms with E-state index in [2.05, 4.69) is 23.5 Å². The van der Waals surface area contributed by atoms with Crippen LogP contribution in [-0.4, -0.2) is 0 Å². The van der Waals surface area contributed by atoms with Crippen molar-refractivity contribution >= 4 is 6.08 Å². The van der Waals surface area contributed by atoms with Crippen LogP contribution in [0.2, 0.25) is 0 Å². The molecule has 0 spiro atoms. The fourth-order valence-electron chi connectivity index (χ4n) is 1.22. The predicted octanol–water partition coefficient (Wildman–Crippen LogP) is 3.69. The molecule has 1 heterocycles. The van der Waals surface area contributed by atoms with Gasteiger partial charge in [0.15, 0.2) is 0 Å². The van der Waals surface area contributed by atoms with Gasteiger partial charge in [0.1, 0.15) is 0 Å². The maximum atomic E-state index is 4.21. The van der Waals surface area contributed by atoms with E-state index in [4.69, 9.17) is 0 Å². The SMILES string of the molecule is C1=C[N-][C-](C=Cc2ccccc2)C=C1. The summed E-state index contributed by atoms with van der Waals surface area (Å²) in [5.74, 6) is 0. The molecule has 0 aliphatic carbocycles. The number of rotatable bonds is 2. The van der Waals surface area contributed by atoms with Crippen LogP contribution in [0.1, 0.15) is 5.56 Å². The van der Waals surface area contributed by atoms with E-state index in [-0.39, 0.29) is 0 Å². The molecule has 0 unspecified atom stereocenters. The molecule has 14 heavy (non-hydrogen) atoms. The highest BCUT2D eigenvalue weighted by molar-refractivity contribution is 5.56. The molecule has 1 aliphatic heterocycles. The summed E-state index contributed by atoms with van der Waals surface area (Å²) in [6.45, 7) is 0. The van der Waals surface area contributed by atoms with Crippen molar-refractivity contribution in [2.75, 3.05) is 0 Å². The van der Waals surface area contributed by atoms with Gasteiger partial charge in [0, 0.05) is 0 Å². The number of hydrogen-bond donors (Lipinski definition) is 0. The second-order valence-corrected chi connectivity index (χ2v) is 3.00. The average Bonchev–Trinajstić information content (AvgIpc) is 2.29. The Hall–Kier alpha value is -1.89. The molecule has 1 nitrogen and oxygen atoms in total. The van der Waals surface area contributed by atoms with Gasteiger partial charge in [-0.1, -0.05) is 35.9 Å². The van der Waals surface area contributed by atoms with E-state index in [0.29, 0.717) is 0 Å². The summed E-state index contributed by atoms with van der Waals surface area (Å²) in [6.07, 6.45) is 11.7. The molecule has 0 N–H and O–H groups in total. The summed E-state index contributed by atoms with van der Waals surface area (Å²) in [5.41, 5.74) is 1.19. The van der Waals surface area contributed by atoms with Crippen molar-refractivity contribution in [3.8, 4) is 0 Å². The third-order valence-corrected chi connectivity index (χ3v) is 1.93. The van der Waals surface area contributed by atoms with E-state index < -0.39 is 0 Å². The first kappa shape index (κ1) is 8.70. The first-order valence-corrected chi connectivity index (χ1v) is 4.59. The molecular weight excluding hydrogens is 170 g/mol. The van der Waals surface area contributed by atoms with Gasteiger partial charge in [-0.05, 0) is 0 Å². The average molecular weight is 181 g/mol. The quantitative estimate of drug-likeness (QED) is 0.618. The maximum Gasteiger partial charge on any atom is -0.0623 e. The lowest BCUT2D eigenvalue weighted by atomic mass is 10.1. The Balaban J connectivity index is 2.01. The van der Waals surface area contributed by atoms with Crippen LogP contribution in [0, 0.1) is 6.04 Å². The number of benzene rings is 1. The Kier molecular flexibility index (Phi) is 2.72. The molecule has 1 aromatic rings. The summed E-state index contributed by atoms with van der Waals surface area (Å²) in [5, 5.41) is 4.21. The highest BCUT2D eigenvalue weighted by Gasteiger charge is 1.79. The van der Waals surface area contributed by atoms with Crippen LogP contribution in [0.25, 0.3) is 11.4 Å². The molecule has 0 aromatic heterocycles. The minimum Gasteiger partial charge on any atom is -0.723 e. The van der Waals surface area contributed by atoms with Gasteiger partial charge in [-0.15, -0.1) is 6.08 Å². The second kappa shape index (κ2) is 4.38. The molecule has 0 fully saturated rings. The fourth-order valence-corrected chi connectivity index (χ4v) is 1.22. The standard InChI is InChI=1S/C13H11N/c1-2-6-12(7-3-1)9-10-13-8-4-5-11-14-13/h1-11H/q-2. The second-order valence-electron chi connectivity index (χ2n) is 3.00. The largest absolute Gasteiger partial charge is 0.723 e. The summed E-state index contributed by atoms with van der Waals surface area (Å²) < 4.78 is 0. The molecule has 1 aliphatic rings. The molecule has 1 heteroatoms. The van der Waals surface area contributed by atoms with Crippen molar-refractivity contribution in [1.82, 2.24) is 0 Å². The first-order valence-electron chi connectivity index (χ1n) is 4.59. The van der Waals surface area contributed by atoms with E-state index in [9.17, 15) is 0 Å². The number of hydrogen-bond acceptors (Lipinski definition) is 0. The van der Waals surface area contributed by atoms with Gasteiger partial charge in [0.2, 0.25) is 0 Å². The van der Waals surface area contributed by atoms with Crippen molar-refractivity contribution in [2.24, 2.45) is 0 Å². The van der Waals surface area contributed by atoms with Gasteiger partial charge in [-0.25, -0.2) is 0 Å². The third-order valence-electron chi connectivity index (χ3n) is 1.93. The van der Waals surface area contributed by atoms with Crippen LogP contribution in [0.4, 0.5) is 0 Å². The first-order chi connectivity index (χ1) is 6.95. The van der Waals surface area contributed by atoms with Crippen LogP contribution < -0.4 is 0 Å². The van der Waals surface area contributed by atoms with E-state index in [0.717, 1.165) is 6.04 Å². The van der Waals surface area contributed by atoms with Gasteiger partial charge in [-0.3, -0.25) is 6.04 Å². The highest BCUT2D eigenvalue weighted by atomic mass is 14.9. The molecule has 0 amide bonds. The molecule has 0 saturated heterocycles. The normalized spacial score (nSPS) is 14.7. The Morgan fingerprint density at radius 3 is 2.64 bits per heavy atom. The zero-order valence-corrected chi connectivity index (χ0v) is 7.80. The molecule has 70 valence electrons. The van der Waals surface area contributed by atoms with Crippen LogP contribution in [-0.2, 0) is 0 Å². The van der Waals surface area contributed by atoms with Gasteiger partial charge in [-0.2, -0.15) is 30.5 Å². The number of allylic oxidation sites excluding steroid dienone is 2. The van der Waals surface area contributed by atoms with Crippen molar-refractivity contribution in [1.29, 1.82) is 0 Å². The van der Waals surface area contributed by atoms with Gasteiger partial charge in [0.05, 0.1) is 0 Å². The van der Waals surface area contributed by atoms with Crippen molar-refractivity contribution in [3.05, 3.63) is 77.8 Å². The molecule has 0 radical (unpaired) electrons. The van der Waals surface area contributed by atoms with Crippen LogP contribution >= 0.6 is 0 Å². The summed E-state index contributed by atoms with van der Waals surface area (Å²) in [7, 11) is 0. The molecule has 2 rings (SSSR count). The monoisotopic (exact) mass is 181 g/mol. The molecule has 1 aromatic carbocycles. The minimum absolute atomic E-state index is 0.983. The lowest BCUT2D eigenvalue weighted by molar-refractivity contribution is 1.39. The Bertz CT molecular complexity index is 360. The molecule has 0 atom stereocenters. The third kappa shape index (κ3) is 2.30. The van der Waals surface area contributed by atoms with Crippen LogP contribution in [0.3, 0.4) is 0 Å². The summed E-state index contributed by atoms with van der Waals surface area (Å²) >= 11 is 0. The lowest BCUT2D eigenvalue weighted by Gasteiger charge is -2.34. The zero-order chi connectivity index (χ0) is 9.64. The van der Waals surface area contributed by atoms with Crippen molar-refractivity contribution < 1.29 is 0 Å². The van der Waals surface area contributed by atoms with Crippen molar-refractivity contribution in [2.45, 2.75) is 0 Å². The van der Waals surface area contributed by atoms with Gasteiger partial charge in [0.25, 0.3) is 0 Å². The predicted molar refractivity (Wildman–Crippen MR) is 60.4 cm³/mol. The van der Waals surface area contributed by atoms with E-state index in [1.807, 2.05) is 42.5 Å². The summed E-state index contributed by atoms with van der Waals surface area (Å²) in [4.78, 5) is 0. The molecular formula is C13H11N-2. The molecule has 0 saturated carbocycles. The van der Waals surface area contributed by atoms with Crippen molar-refractivity contribution in [3.63, 3.8) is 0 Å². The number of nitrogens with zero attached hydrogens (tertiary/aromatic N) is 1. The van der Waals surface area contributed by atoms with Crippen LogP contribution in [0.5, 0.6) is 0 Å². The summed E-state index contributed by atoms with van der Waals surface area (Å²) in [6, 6.07) is 11.2. The Morgan fingerprint density at radius 1 is 1.07 bits per heavy atom. The Labute approximate surface area is 84.5 Å². The van der Waals surface area contributed by atoms with Gasteiger partial charge < -0.3 is 5.32 Å². The Morgan fingerprint density at radius 2 is 1.93 bits per heavy atom. The maximum absolute atomic E-state index is 4.21. The fraction of sp³-hybridized carbons (Fsp3) is 0. The molecule has 0 bridgehead atoms. The highest BCUT2D eigenvalue weighted by Crippen LogP contribution is 2.19. The zero-order valence-electron chi connectivity index (χ0n) is 7.80. The minimum atomic E-state index is 0.983.